The molecule has 0 unspecified atom stereocenters. The lowest BCUT2D eigenvalue weighted by molar-refractivity contribution is 0.655. The Hall–Kier alpha value is -4.47. The Bertz CT molecular complexity index is 1980. The Morgan fingerprint density at radius 3 is 1.74 bits per heavy atom. The molecule has 0 spiro atoms. The van der Waals surface area contributed by atoms with E-state index in [2.05, 4.69) is 134 Å². The molecule has 0 bridgehead atoms. The van der Waals surface area contributed by atoms with E-state index in [0.717, 1.165) is 27.5 Å². The fraction of sp³-hybridized carbons (Fsp3) is 0.0833. The fourth-order valence-electron chi connectivity index (χ4n) is 5.47. The Balaban J connectivity index is 1.19. The van der Waals surface area contributed by atoms with Gasteiger partial charge < -0.3 is 4.42 Å². The molecule has 0 aliphatic rings. The SMILES string of the molecule is C[Si](C)(C)c1ccc(-c2ccc3cc(-c4ccc(-c5cccc6c5oc5ncccc56)cc4)ccc3c2)cc1. The van der Waals surface area contributed by atoms with Crippen molar-refractivity contribution >= 4 is 46.1 Å². The van der Waals surface area contributed by atoms with Crippen molar-refractivity contribution in [3.8, 4) is 33.4 Å². The zero-order valence-electron chi connectivity index (χ0n) is 22.4. The maximum absolute atomic E-state index is 6.15. The smallest absolute Gasteiger partial charge is 0.227 e. The van der Waals surface area contributed by atoms with Crippen molar-refractivity contribution in [2.24, 2.45) is 0 Å². The van der Waals surface area contributed by atoms with Crippen LogP contribution >= 0.6 is 0 Å². The molecule has 0 atom stereocenters. The molecular weight excluding hydrogens is 490 g/mol. The van der Waals surface area contributed by atoms with Crippen LogP contribution in [0.25, 0.3) is 66.2 Å². The van der Waals surface area contributed by atoms with Gasteiger partial charge in [-0.1, -0.05) is 116 Å². The number of hydrogen-bond acceptors (Lipinski definition) is 2. The first-order valence-corrected chi connectivity index (χ1v) is 17.0. The summed E-state index contributed by atoms with van der Waals surface area (Å²) in [7, 11) is -1.29. The van der Waals surface area contributed by atoms with E-state index in [1.807, 2.05) is 6.07 Å². The summed E-state index contributed by atoms with van der Waals surface area (Å²) in [5.74, 6) is 0. The highest BCUT2D eigenvalue weighted by molar-refractivity contribution is 6.88. The van der Waals surface area contributed by atoms with Crippen LogP contribution in [-0.2, 0) is 0 Å². The summed E-state index contributed by atoms with van der Waals surface area (Å²) in [6.07, 6.45) is 1.77. The van der Waals surface area contributed by atoms with Crippen molar-refractivity contribution in [3.63, 3.8) is 0 Å². The average Bonchev–Trinajstić information content (AvgIpc) is 3.35. The standard InChI is InChI=1S/C36H29NOSi/c1-39(2,3)31-19-17-25(18-20-31)28-14-16-29-22-27(13-15-30(29)23-28)24-9-11-26(12-10-24)32-6-4-7-33-34-8-5-21-37-36(34)38-35(32)33/h4-23H,1-3H3. The van der Waals surface area contributed by atoms with Gasteiger partial charge in [0.1, 0.15) is 5.58 Å². The van der Waals surface area contributed by atoms with Gasteiger partial charge in [0.15, 0.2) is 0 Å². The van der Waals surface area contributed by atoms with Crippen LogP contribution in [0, 0.1) is 0 Å². The summed E-state index contributed by atoms with van der Waals surface area (Å²) in [6, 6.07) is 41.8. The number of hydrogen-bond donors (Lipinski definition) is 0. The Kier molecular flexibility index (Phi) is 5.50. The molecule has 3 heteroatoms. The van der Waals surface area contributed by atoms with Crippen molar-refractivity contribution < 1.29 is 4.42 Å². The molecule has 0 fully saturated rings. The van der Waals surface area contributed by atoms with Crippen molar-refractivity contribution in [3.05, 3.63) is 121 Å². The van der Waals surface area contributed by atoms with Gasteiger partial charge in [-0.3, -0.25) is 0 Å². The second-order valence-corrected chi connectivity index (χ2v) is 16.4. The summed E-state index contributed by atoms with van der Waals surface area (Å²) >= 11 is 0. The zero-order chi connectivity index (χ0) is 26.6. The number of aromatic nitrogens is 1. The minimum absolute atomic E-state index is 0.680. The lowest BCUT2D eigenvalue weighted by Gasteiger charge is -2.17. The van der Waals surface area contributed by atoms with Crippen molar-refractivity contribution in [2.45, 2.75) is 19.6 Å². The van der Waals surface area contributed by atoms with Crippen molar-refractivity contribution in [2.75, 3.05) is 0 Å². The van der Waals surface area contributed by atoms with Crippen LogP contribution in [0.5, 0.6) is 0 Å². The molecule has 39 heavy (non-hydrogen) atoms. The van der Waals surface area contributed by atoms with Crippen LogP contribution in [0.1, 0.15) is 0 Å². The molecular formula is C36H29NOSi. The molecule has 0 saturated carbocycles. The molecule has 7 aromatic rings. The maximum atomic E-state index is 6.15. The molecule has 188 valence electrons. The number of pyridine rings is 1. The van der Waals surface area contributed by atoms with E-state index >= 15 is 0 Å². The number of para-hydroxylation sites is 1. The van der Waals surface area contributed by atoms with Crippen LogP contribution in [-0.4, -0.2) is 13.1 Å². The predicted octanol–water partition coefficient (Wildman–Crippen LogP) is 9.68. The van der Waals surface area contributed by atoms with E-state index in [4.69, 9.17) is 4.42 Å². The minimum atomic E-state index is -1.29. The van der Waals surface area contributed by atoms with E-state index in [-0.39, 0.29) is 0 Å². The highest BCUT2D eigenvalue weighted by Crippen LogP contribution is 2.36. The Labute approximate surface area is 229 Å². The number of fused-ring (bicyclic) bond motifs is 4. The van der Waals surface area contributed by atoms with Gasteiger partial charge >= 0.3 is 0 Å². The van der Waals surface area contributed by atoms with Crippen molar-refractivity contribution in [1.29, 1.82) is 0 Å². The second-order valence-electron chi connectivity index (χ2n) is 11.3. The molecule has 0 aliphatic heterocycles. The van der Waals surface area contributed by atoms with Crippen LogP contribution < -0.4 is 5.19 Å². The van der Waals surface area contributed by atoms with E-state index in [1.165, 1.54) is 38.2 Å². The molecule has 0 N–H and O–H groups in total. The Morgan fingerprint density at radius 2 is 1.10 bits per heavy atom. The van der Waals surface area contributed by atoms with Gasteiger partial charge in [0.2, 0.25) is 5.71 Å². The predicted molar refractivity (Wildman–Crippen MR) is 168 cm³/mol. The highest BCUT2D eigenvalue weighted by atomic mass is 28.3. The minimum Gasteiger partial charge on any atom is -0.437 e. The lowest BCUT2D eigenvalue weighted by atomic mass is 9.96. The number of rotatable bonds is 4. The van der Waals surface area contributed by atoms with Crippen LogP contribution in [0.15, 0.2) is 126 Å². The van der Waals surface area contributed by atoms with E-state index in [9.17, 15) is 0 Å². The van der Waals surface area contributed by atoms with Gasteiger partial charge in [0.05, 0.1) is 8.07 Å². The van der Waals surface area contributed by atoms with Gasteiger partial charge in [-0.25, -0.2) is 4.98 Å². The van der Waals surface area contributed by atoms with Crippen LogP contribution in [0.2, 0.25) is 19.6 Å². The summed E-state index contributed by atoms with van der Waals surface area (Å²) in [5.41, 5.74) is 8.73. The second kappa shape index (κ2) is 9.07. The van der Waals surface area contributed by atoms with Gasteiger partial charge in [-0.2, -0.15) is 0 Å². The fourth-order valence-corrected chi connectivity index (χ4v) is 6.64. The van der Waals surface area contributed by atoms with Crippen LogP contribution in [0.4, 0.5) is 0 Å². The third-order valence-electron chi connectivity index (χ3n) is 7.73. The van der Waals surface area contributed by atoms with Gasteiger partial charge in [-0.05, 0) is 62.9 Å². The number of furan rings is 1. The molecule has 2 nitrogen and oxygen atoms in total. The topological polar surface area (TPSA) is 26.0 Å². The summed E-state index contributed by atoms with van der Waals surface area (Å²) in [5, 5.41) is 6.15. The number of benzene rings is 5. The Morgan fingerprint density at radius 1 is 0.538 bits per heavy atom. The molecule has 5 aromatic carbocycles. The summed E-state index contributed by atoms with van der Waals surface area (Å²) in [4.78, 5) is 4.40. The molecule has 7 rings (SSSR count). The van der Waals surface area contributed by atoms with Crippen LogP contribution in [0.3, 0.4) is 0 Å². The molecule has 2 aromatic heterocycles. The zero-order valence-corrected chi connectivity index (χ0v) is 23.4. The summed E-state index contributed by atoms with van der Waals surface area (Å²) < 4.78 is 6.15. The molecule has 0 aliphatic carbocycles. The molecule has 2 heterocycles. The monoisotopic (exact) mass is 519 g/mol. The molecule has 0 radical (unpaired) electrons. The van der Waals surface area contributed by atoms with Gasteiger partial charge in [0.25, 0.3) is 0 Å². The third-order valence-corrected chi connectivity index (χ3v) is 9.79. The van der Waals surface area contributed by atoms with Gasteiger partial charge in [0, 0.05) is 22.5 Å². The lowest BCUT2D eigenvalue weighted by Crippen LogP contribution is -2.37. The first kappa shape index (κ1) is 23.6. The molecule has 0 amide bonds. The van der Waals surface area contributed by atoms with E-state index in [0.29, 0.717) is 5.71 Å². The first-order valence-electron chi connectivity index (χ1n) is 13.5. The van der Waals surface area contributed by atoms with Crippen molar-refractivity contribution in [1.82, 2.24) is 4.98 Å². The third kappa shape index (κ3) is 4.25. The average molecular weight is 520 g/mol. The normalized spacial score (nSPS) is 12.0. The quantitative estimate of drug-likeness (QED) is 0.216. The summed E-state index contributed by atoms with van der Waals surface area (Å²) in [6.45, 7) is 7.17. The first-order chi connectivity index (χ1) is 18.9. The van der Waals surface area contributed by atoms with E-state index in [1.54, 1.807) is 6.20 Å². The molecule has 0 saturated heterocycles. The van der Waals surface area contributed by atoms with E-state index < -0.39 is 8.07 Å². The number of nitrogens with zero attached hydrogens (tertiary/aromatic N) is 1. The van der Waals surface area contributed by atoms with Gasteiger partial charge in [-0.15, -0.1) is 0 Å². The largest absolute Gasteiger partial charge is 0.437 e. The maximum Gasteiger partial charge on any atom is 0.227 e. The highest BCUT2D eigenvalue weighted by Gasteiger charge is 2.16.